The summed E-state index contributed by atoms with van der Waals surface area (Å²) in [6.45, 7) is 9.87. The number of rotatable bonds is 7. The van der Waals surface area contributed by atoms with Gasteiger partial charge in [0.05, 0.1) is 34.5 Å². The van der Waals surface area contributed by atoms with E-state index in [9.17, 15) is 9.59 Å². The zero-order chi connectivity index (χ0) is 27.7. The van der Waals surface area contributed by atoms with Crippen molar-refractivity contribution in [3.8, 4) is 17.0 Å². The minimum atomic E-state index is -0.378. The Labute approximate surface area is 233 Å². The Morgan fingerprint density at radius 1 is 1.03 bits per heavy atom. The molecular formula is C32H34N2O4S. The van der Waals surface area contributed by atoms with E-state index in [-0.39, 0.29) is 24.1 Å². The Balaban J connectivity index is 1.53. The van der Waals surface area contributed by atoms with Gasteiger partial charge < -0.3 is 14.8 Å². The Morgan fingerprint density at radius 2 is 1.77 bits per heavy atom. The van der Waals surface area contributed by atoms with Crippen LogP contribution in [0.5, 0.6) is 5.75 Å². The number of carbonyl (C=O) groups is 2. The zero-order valence-electron chi connectivity index (χ0n) is 23.0. The highest BCUT2D eigenvalue weighted by atomic mass is 32.1. The van der Waals surface area contributed by atoms with Crippen LogP contribution in [0.3, 0.4) is 0 Å². The molecule has 1 aliphatic rings. The number of para-hydroxylation sites is 1. The highest BCUT2D eigenvalue weighted by Gasteiger charge is 2.30. The molecular weight excluding hydrogens is 508 g/mol. The molecule has 0 saturated carbocycles. The SMILES string of the molecule is CC(C)OC(=O)c1c(NC(=O)c2cc(-c3ccc(OC(C)C)cc3)nc3ccccc23)sc2c1CC[C@H](C)C2. The van der Waals surface area contributed by atoms with Crippen molar-refractivity contribution in [1.29, 1.82) is 0 Å². The number of anilines is 1. The van der Waals surface area contributed by atoms with E-state index >= 15 is 0 Å². The average molecular weight is 543 g/mol. The van der Waals surface area contributed by atoms with Gasteiger partial charge in [0.15, 0.2) is 0 Å². The summed E-state index contributed by atoms with van der Waals surface area (Å²) in [5.74, 6) is 0.665. The topological polar surface area (TPSA) is 77.5 Å². The van der Waals surface area contributed by atoms with Crippen molar-refractivity contribution in [3.63, 3.8) is 0 Å². The quantitative estimate of drug-likeness (QED) is 0.242. The third-order valence-corrected chi connectivity index (χ3v) is 7.94. The van der Waals surface area contributed by atoms with Crippen LogP contribution in [0.15, 0.2) is 54.6 Å². The molecule has 202 valence electrons. The lowest BCUT2D eigenvalue weighted by Crippen LogP contribution is -2.19. The van der Waals surface area contributed by atoms with Crippen LogP contribution in [0.2, 0.25) is 0 Å². The van der Waals surface area contributed by atoms with Crippen LogP contribution >= 0.6 is 11.3 Å². The number of ether oxygens (including phenoxy) is 2. The first-order valence-corrected chi connectivity index (χ1v) is 14.3. The molecule has 1 atom stereocenters. The van der Waals surface area contributed by atoms with Crippen molar-refractivity contribution in [2.75, 3.05) is 5.32 Å². The predicted octanol–water partition coefficient (Wildman–Crippen LogP) is 7.69. The van der Waals surface area contributed by atoms with Gasteiger partial charge in [0.2, 0.25) is 0 Å². The summed E-state index contributed by atoms with van der Waals surface area (Å²) in [5, 5.41) is 4.39. The second kappa shape index (κ2) is 11.2. The van der Waals surface area contributed by atoms with Crippen molar-refractivity contribution in [2.24, 2.45) is 5.92 Å². The number of benzene rings is 2. The lowest BCUT2D eigenvalue weighted by molar-refractivity contribution is 0.0378. The van der Waals surface area contributed by atoms with Gasteiger partial charge in [0.1, 0.15) is 10.8 Å². The number of carbonyl (C=O) groups excluding carboxylic acids is 2. The molecule has 1 aliphatic carbocycles. The molecule has 0 fully saturated rings. The summed E-state index contributed by atoms with van der Waals surface area (Å²) in [7, 11) is 0. The molecule has 1 amide bonds. The number of hydrogen-bond donors (Lipinski definition) is 1. The molecule has 0 spiro atoms. The minimum absolute atomic E-state index is 0.0822. The van der Waals surface area contributed by atoms with E-state index in [1.807, 2.05) is 82.3 Å². The Kier molecular flexibility index (Phi) is 7.71. The molecule has 0 aliphatic heterocycles. The Hall–Kier alpha value is -3.71. The van der Waals surface area contributed by atoms with Crippen molar-refractivity contribution in [3.05, 3.63) is 76.2 Å². The van der Waals surface area contributed by atoms with Crippen LogP contribution in [0, 0.1) is 5.92 Å². The van der Waals surface area contributed by atoms with E-state index in [0.717, 1.165) is 51.9 Å². The summed E-state index contributed by atoms with van der Waals surface area (Å²) >= 11 is 1.49. The summed E-state index contributed by atoms with van der Waals surface area (Å²) in [6.07, 6.45) is 2.56. The minimum Gasteiger partial charge on any atom is -0.491 e. The molecule has 2 aromatic heterocycles. The molecule has 5 rings (SSSR count). The molecule has 2 heterocycles. The van der Waals surface area contributed by atoms with Gasteiger partial charge >= 0.3 is 5.97 Å². The number of fused-ring (bicyclic) bond motifs is 2. The normalized spacial score (nSPS) is 14.9. The van der Waals surface area contributed by atoms with Gasteiger partial charge in [-0.1, -0.05) is 25.1 Å². The van der Waals surface area contributed by atoms with Gasteiger partial charge in [-0.3, -0.25) is 4.79 Å². The summed E-state index contributed by atoms with van der Waals surface area (Å²) in [4.78, 5) is 33.0. The first kappa shape index (κ1) is 26.9. The molecule has 4 aromatic rings. The maximum atomic E-state index is 13.9. The fourth-order valence-electron chi connectivity index (χ4n) is 4.99. The van der Waals surface area contributed by atoms with Gasteiger partial charge in [0, 0.05) is 15.8 Å². The molecule has 0 bridgehead atoms. The average Bonchev–Trinajstić information content (AvgIpc) is 3.24. The zero-order valence-corrected chi connectivity index (χ0v) is 23.9. The van der Waals surface area contributed by atoms with E-state index in [1.165, 1.54) is 11.3 Å². The number of esters is 1. The number of nitrogens with zero attached hydrogens (tertiary/aromatic N) is 1. The monoisotopic (exact) mass is 542 g/mol. The summed E-state index contributed by atoms with van der Waals surface area (Å²) < 4.78 is 11.4. The van der Waals surface area contributed by atoms with E-state index < -0.39 is 0 Å². The molecule has 0 saturated heterocycles. The molecule has 6 nitrogen and oxygen atoms in total. The third-order valence-electron chi connectivity index (χ3n) is 6.77. The van der Waals surface area contributed by atoms with Crippen molar-refractivity contribution < 1.29 is 19.1 Å². The van der Waals surface area contributed by atoms with Gasteiger partial charge in [-0.25, -0.2) is 9.78 Å². The van der Waals surface area contributed by atoms with Gasteiger partial charge in [-0.05, 0) is 94.8 Å². The number of aromatic nitrogens is 1. The Bertz CT molecular complexity index is 1520. The molecule has 0 unspecified atom stereocenters. The van der Waals surface area contributed by atoms with Crippen LogP contribution < -0.4 is 10.1 Å². The van der Waals surface area contributed by atoms with E-state index in [0.29, 0.717) is 27.7 Å². The van der Waals surface area contributed by atoms with E-state index in [2.05, 4.69) is 12.2 Å². The summed E-state index contributed by atoms with van der Waals surface area (Å²) in [6, 6.07) is 17.2. The van der Waals surface area contributed by atoms with Gasteiger partial charge in [0.25, 0.3) is 5.91 Å². The van der Waals surface area contributed by atoms with Crippen LogP contribution in [0.1, 0.15) is 72.2 Å². The Morgan fingerprint density at radius 3 is 2.49 bits per heavy atom. The first-order chi connectivity index (χ1) is 18.7. The molecule has 39 heavy (non-hydrogen) atoms. The third kappa shape index (κ3) is 5.83. The number of amides is 1. The largest absolute Gasteiger partial charge is 0.491 e. The molecule has 0 radical (unpaired) electrons. The summed E-state index contributed by atoms with van der Waals surface area (Å²) in [5.41, 5.74) is 4.31. The lowest BCUT2D eigenvalue weighted by Gasteiger charge is -2.19. The smallest absolute Gasteiger partial charge is 0.341 e. The van der Waals surface area contributed by atoms with E-state index in [1.54, 1.807) is 0 Å². The maximum absolute atomic E-state index is 13.9. The molecule has 2 aromatic carbocycles. The highest BCUT2D eigenvalue weighted by molar-refractivity contribution is 7.17. The lowest BCUT2D eigenvalue weighted by atomic mass is 9.88. The second-order valence-electron chi connectivity index (χ2n) is 10.7. The van der Waals surface area contributed by atoms with Crippen molar-refractivity contribution >= 4 is 39.1 Å². The van der Waals surface area contributed by atoms with Gasteiger partial charge in [-0.15, -0.1) is 11.3 Å². The number of pyridine rings is 1. The molecule has 7 heteroatoms. The highest BCUT2D eigenvalue weighted by Crippen LogP contribution is 2.40. The number of nitrogens with one attached hydrogen (secondary N) is 1. The maximum Gasteiger partial charge on any atom is 0.341 e. The predicted molar refractivity (Wildman–Crippen MR) is 157 cm³/mol. The second-order valence-corrected chi connectivity index (χ2v) is 11.8. The van der Waals surface area contributed by atoms with Crippen LogP contribution in [0.4, 0.5) is 5.00 Å². The van der Waals surface area contributed by atoms with Crippen LogP contribution in [-0.4, -0.2) is 29.1 Å². The van der Waals surface area contributed by atoms with Crippen molar-refractivity contribution in [1.82, 2.24) is 4.98 Å². The fraction of sp³-hybridized carbons (Fsp3) is 0.344. The first-order valence-electron chi connectivity index (χ1n) is 13.5. The number of thiophene rings is 1. The molecule has 1 N–H and O–H groups in total. The van der Waals surface area contributed by atoms with Crippen LogP contribution in [-0.2, 0) is 17.6 Å². The van der Waals surface area contributed by atoms with Gasteiger partial charge in [-0.2, -0.15) is 0 Å². The standard InChI is InChI=1S/C32H34N2O4S/c1-18(2)37-22-13-11-21(12-14-22)27-17-25(23-8-6-7-9-26(23)33-27)30(35)34-31-29(32(36)38-19(3)4)24-15-10-20(5)16-28(24)39-31/h6-9,11-14,17-20H,10,15-16H2,1-5H3,(H,34,35)/t20-/m0/s1. The fourth-order valence-corrected chi connectivity index (χ4v) is 6.38. The van der Waals surface area contributed by atoms with Crippen LogP contribution in [0.25, 0.3) is 22.2 Å². The number of hydrogen-bond acceptors (Lipinski definition) is 6. The van der Waals surface area contributed by atoms with Crippen molar-refractivity contribution in [2.45, 2.75) is 66.1 Å². The van der Waals surface area contributed by atoms with E-state index in [4.69, 9.17) is 14.5 Å².